The third-order valence-corrected chi connectivity index (χ3v) is 5.66. The van der Waals surface area contributed by atoms with Crippen molar-refractivity contribution in [1.82, 2.24) is 0 Å². The third-order valence-electron chi connectivity index (χ3n) is 5.66. The van der Waals surface area contributed by atoms with Crippen LogP contribution in [0, 0.1) is 5.82 Å². The molecule has 1 aliphatic rings. The van der Waals surface area contributed by atoms with Gasteiger partial charge < -0.3 is 4.90 Å². The Morgan fingerprint density at radius 2 is 1.47 bits per heavy atom. The fourth-order valence-electron chi connectivity index (χ4n) is 3.97. The minimum Gasteiger partial charge on any atom is -0.337 e. The molecule has 2 amide bonds. The lowest BCUT2D eigenvalue weighted by molar-refractivity contribution is -0.120. The van der Waals surface area contributed by atoms with Crippen LogP contribution in [0.4, 0.5) is 15.8 Å². The molecule has 0 spiro atoms. The molecule has 0 radical (unpaired) electrons. The Morgan fingerprint density at radius 1 is 0.844 bits per heavy atom. The first-order chi connectivity index (χ1) is 15.4. The minimum atomic E-state index is -0.414. The number of anilines is 2. The standard InChI is InChI=1S/C27H25FN2O2/c1-4-29(22-8-6-5-7-9-22)25-24(20-10-14-21(28)15-11-20)26(31)30(27(25)32)23-16-12-19(13-17-23)18(2)3/h5-18H,4H2,1-3H3. The van der Waals surface area contributed by atoms with E-state index in [-0.39, 0.29) is 5.57 Å². The molecular formula is C27H25FN2O2. The van der Waals surface area contributed by atoms with Crippen molar-refractivity contribution >= 4 is 28.8 Å². The smallest absolute Gasteiger partial charge is 0.282 e. The lowest BCUT2D eigenvalue weighted by Crippen LogP contribution is -2.35. The van der Waals surface area contributed by atoms with Gasteiger partial charge in [-0.3, -0.25) is 9.59 Å². The Balaban J connectivity index is 1.86. The van der Waals surface area contributed by atoms with Crippen molar-refractivity contribution in [3.8, 4) is 0 Å². The maximum Gasteiger partial charge on any atom is 0.282 e. The topological polar surface area (TPSA) is 40.6 Å². The van der Waals surface area contributed by atoms with Gasteiger partial charge >= 0.3 is 0 Å². The molecule has 4 rings (SSSR count). The summed E-state index contributed by atoms with van der Waals surface area (Å²) in [6.07, 6.45) is 0. The third kappa shape index (κ3) is 3.82. The molecule has 0 aliphatic carbocycles. The zero-order valence-electron chi connectivity index (χ0n) is 18.4. The highest BCUT2D eigenvalue weighted by molar-refractivity contribution is 6.46. The van der Waals surface area contributed by atoms with Crippen LogP contribution in [0.15, 0.2) is 84.6 Å². The number of hydrogen-bond acceptors (Lipinski definition) is 3. The number of likely N-dealkylation sites (N-methyl/N-ethyl adjacent to an activating group) is 1. The van der Waals surface area contributed by atoms with E-state index in [9.17, 15) is 14.0 Å². The number of para-hydroxylation sites is 1. The number of benzene rings is 3. The van der Waals surface area contributed by atoms with E-state index in [2.05, 4.69) is 13.8 Å². The number of carbonyl (C=O) groups is 2. The molecule has 0 unspecified atom stereocenters. The highest BCUT2D eigenvalue weighted by Crippen LogP contribution is 2.37. The predicted molar refractivity (Wildman–Crippen MR) is 126 cm³/mol. The minimum absolute atomic E-state index is 0.272. The van der Waals surface area contributed by atoms with E-state index in [1.54, 1.807) is 24.3 Å². The first kappa shape index (κ1) is 21.5. The maximum absolute atomic E-state index is 13.7. The maximum atomic E-state index is 13.7. The van der Waals surface area contributed by atoms with Crippen molar-refractivity contribution in [3.05, 3.63) is 102 Å². The average molecular weight is 429 g/mol. The molecule has 3 aromatic carbocycles. The van der Waals surface area contributed by atoms with E-state index in [0.29, 0.717) is 29.4 Å². The summed E-state index contributed by atoms with van der Waals surface area (Å²) in [4.78, 5) is 30.3. The number of carbonyl (C=O) groups excluding carboxylic acids is 2. The van der Waals surface area contributed by atoms with Crippen molar-refractivity contribution in [1.29, 1.82) is 0 Å². The molecule has 0 fully saturated rings. The fourth-order valence-corrected chi connectivity index (χ4v) is 3.97. The Bertz CT molecular complexity index is 1170. The van der Waals surface area contributed by atoms with E-state index in [0.717, 1.165) is 11.3 Å². The summed E-state index contributed by atoms with van der Waals surface area (Å²) in [5.74, 6) is -0.865. The average Bonchev–Trinajstić information content (AvgIpc) is 3.06. The molecule has 3 aromatic rings. The summed E-state index contributed by atoms with van der Waals surface area (Å²) in [5.41, 5.74) is 3.53. The molecule has 0 bridgehead atoms. The first-order valence-corrected chi connectivity index (χ1v) is 10.7. The van der Waals surface area contributed by atoms with Crippen LogP contribution in [-0.4, -0.2) is 18.4 Å². The van der Waals surface area contributed by atoms with Gasteiger partial charge in [-0.25, -0.2) is 9.29 Å². The van der Waals surface area contributed by atoms with Gasteiger partial charge in [0.15, 0.2) is 0 Å². The van der Waals surface area contributed by atoms with Gasteiger partial charge in [0.2, 0.25) is 0 Å². The van der Waals surface area contributed by atoms with E-state index < -0.39 is 17.6 Å². The van der Waals surface area contributed by atoms with Crippen LogP contribution in [0.25, 0.3) is 5.57 Å². The number of nitrogens with zero attached hydrogens (tertiary/aromatic N) is 2. The van der Waals surface area contributed by atoms with Crippen molar-refractivity contribution in [2.45, 2.75) is 26.7 Å². The summed E-state index contributed by atoms with van der Waals surface area (Å²) < 4.78 is 13.6. The highest BCUT2D eigenvalue weighted by Gasteiger charge is 2.42. The van der Waals surface area contributed by atoms with Crippen LogP contribution in [0.5, 0.6) is 0 Å². The molecule has 0 saturated heterocycles. The predicted octanol–water partition coefficient (Wildman–Crippen LogP) is 5.76. The highest BCUT2D eigenvalue weighted by atomic mass is 19.1. The van der Waals surface area contributed by atoms with Crippen molar-refractivity contribution in [3.63, 3.8) is 0 Å². The van der Waals surface area contributed by atoms with Crippen LogP contribution < -0.4 is 9.80 Å². The summed E-state index contributed by atoms with van der Waals surface area (Å²) >= 11 is 0. The van der Waals surface area contributed by atoms with Crippen molar-refractivity contribution in [2.24, 2.45) is 0 Å². The quantitative estimate of drug-likeness (QED) is 0.469. The second-order valence-corrected chi connectivity index (χ2v) is 8.00. The van der Waals surface area contributed by atoms with Gasteiger partial charge in [-0.15, -0.1) is 0 Å². The number of amides is 2. The van der Waals surface area contributed by atoms with Gasteiger partial charge in [0.25, 0.3) is 11.8 Å². The van der Waals surface area contributed by atoms with Gasteiger partial charge in [0.1, 0.15) is 11.5 Å². The van der Waals surface area contributed by atoms with Gasteiger partial charge in [0.05, 0.1) is 11.3 Å². The molecule has 0 atom stereocenters. The number of halogens is 1. The molecule has 162 valence electrons. The Labute approximate surface area is 187 Å². The molecule has 1 heterocycles. The van der Waals surface area contributed by atoms with Crippen LogP contribution in [0.2, 0.25) is 0 Å². The lowest BCUT2D eigenvalue weighted by atomic mass is 10.0. The first-order valence-electron chi connectivity index (χ1n) is 10.7. The largest absolute Gasteiger partial charge is 0.337 e. The SMILES string of the molecule is CCN(C1=C(c2ccc(F)cc2)C(=O)N(c2ccc(C(C)C)cc2)C1=O)c1ccccc1. The van der Waals surface area contributed by atoms with E-state index in [1.165, 1.54) is 17.0 Å². The van der Waals surface area contributed by atoms with E-state index in [4.69, 9.17) is 0 Å². The van der Waals surface area contributed by atoms with Crippen molar-refractivity contribution in [2.75, 3.05) is 16.3 Å². The van der Waals surface area contributed by atoms with E-state index in [1.807, 2.05) is 54.3 Å². The summed E-state index contributed by atoms with van der Waals surface area (Å²) in [5, 5.41) is 0. The zero-order valence-corrected chi connectivity index (χ0v) is 18.4. The van der Waals surface area contributed by atoms with Crippen LogP contribution in [-0.2, 0) is 9.59 Å². The molecule has 5 heteroatoms. The fraction of sp³-hybridized carbons (Fsp3) is 0.185. The van der Waals surface area contributed by atoms with Crippen molar-refractivity contribution < 1.29 is 14.0 Å². The number of imide groups is 1. The number of hydrogen-bond donors (Lipinski definition) is 0. The van der Waals surface area contributed by atoms with Gasteiger partial charge in [-0.2, -0.15) is 0 Å². The molecular weight excluding hydrogens is 403 g/mol. The van der Waals surface area contributed by atoms with Gasteiger partial charge in [0, 0.05) is 12.2 Å². The van der Waals surface area contributed by atoms with E-state index >= 15 is 0 Å². The monoisotopic (exact) mass is 428 g/mol. The van der Waals surface area contributed by atoms with Crippen LogP contribution >= 0.6 is 0 Å². The Kier molecular flexibility index (Phi) is 5.91. The summed E-state index contributed by atoms with van der Waals surface area (Å²) in [7, 11) is 0. The van der Waals surface area contributed by atoms with Crippen LogP contribution in [0.1, 0.15) is 37.8 Å². The van der Waals surface area contributed by atoms with Gasteiger partial charge in [-0.05, 0) is 60.4 Å². The Morgan fingerprint density at radius 3 is 2.03 bits per heavy atom. The number of rotatable bonds is 6. The van der Waals surface area contributed by atoms with Crippen LogP contribution in [0.3, 0.4) is 0 Å². The molecule has 32 heavy (non-hydrogen) atoms. The molecule has 0 aromatic heterocycles. The second-order valence-electron chi connectivity index (χ2n) is 8.00. The molecule has 0 N–H and O–H groups in total. The zero-order chi connectivity index (χ0) is 22.8. The second kappa shape index (κ2) is 8.79. The normalized spacial score (nSPS) is 14.0. The molecule has 0 saturated carbocycles. The Hall–Kier alpha value is -3.73. The lowest BCUT2D eigenvalue weighted by Gasteiger charge is -2.25. The summed E-state index contributed by atoms with van der Waals surface area (Å²) in [6, 6.07) is 22.6. The van der Waals surface area contributed by atoms with Gasteiger partial charge in [-0.1, -0.05) is 56.3 Å². The molecule has 1 aliphatic heterocycles. The molecule has 4 nitrogen and oxygen atoms in total. The summed E-state index contributed by atoms with van der Waals surface area (Å²) in [6.45, 7) is 6.60.